The van der Waals surface area contributed by atoms with Crippen LogP contribution in [0.15, 0.2) is 40.9 Å². The number of para-hydroxylation sites is 1. The van der Waals surface area contributed by atoms with E-state index in [4.69, 9.17) is 11.6 Å². The van der Waals surface area contributed by atoms with E-state index in [9.17, 15) is 9.59 Å². The fourth-order valence-corrected chi connectivity index (χ4v) is 4.08. The number of anilines is 1. The highest BCUT2D eigenvalue weighted by atomic mass is 79.9. The summed E-state index contributed by atoms with van der Waals surface area (Å²) >= 11 is 10.8. The normalized spacial score (nSPS) is 17.6. The van der Waals surface area contributed by atoms with E-state index in [1.807, 2.05) is 36.4 Å². The van der Waals surface area contributed by atoms with Crippen LogP contribution in [0.25, 0.3) is 0 Å². The number of hydrogen-bond donors (Lipinski definition) is 1. The van der Waals surface area contributed by atoms with E-state index in [0.717, 1.165) is 15.0 Å². The van der Waals surface area contributed by atoms with E-state index in [1.165, 1.54) is 11.3 Å². The summed E-state index contributed by atoms with van der Waals surface area (Å²) in [5.74, 6) is -0.460. The van der Waals surface area contributed by atoms with E-state index in [0.29, 0.717) is 17.4 Å². The first-order chi connectivity index (χ1) is 11.0. The van der Waals surface area contributed by atoms with Crippen molar-refractivity contribution in [2.24, 2.45) is 5.92 Å². The number of halogens is 2. The summed E-state index contributed by atoms with van der Waals surface area (Å²) in [6.07, 6.45) is 0.234. The molecule has 4 nitrogen and oxygen atoms in total. The second-order valence-corrected chi connectivity index (χ2v) is 7.93. The summed E-state index contributed by atoms with van der Waals surface area (Å²) in [6, 6.07) is 11.2. The molecule has 1 aromatic carbocycles. The topological polar surface area (TPSA) is 49.4 Å². The third kappa shape index (κ3) is 3.76. The van der Waals surface area contributed by atoms with Gasteiger partial charge in [0.25, 0.3) is 0 Å². The molecule has 3 rings (SSSR count). The number of carbonyl (C=O) groups is 2. The van der Waals surface area contributed by atoms with Gasteiger partial charge in [-0.25, -0.2) is 0 Å². The standard InChI is InChI=1S/C16H14BrClN2O2S/c17-12-3-1-2-4-13(12)20-9-10(7-15(20)21)16(22)19-8-11-5-6-14(18)23-11/h1-6,10H,7-9H2,(H,19,22). The zero-order valence-corrected chi connectivity index (χ0v) is 15.2. The molecule has 0 bridgehead atoms. The Bertz CT molecular complexity index is 749. The van der Waals surface area contributed by atoms with Gasteiger partial charge in [0.1, 0.15) is 0 Å². The lowest BCUT2D eigenvalue weighted by atomic mass is 10.1. The van der Waals surface area contributed by atoms with Crippen LogP contribution >= 0.6 is 38.9 Å². The second-order valence-electron chi connectivity index (χ2n) is 5.28. The van der Waals surface area contributed by atoms with E-state index in [-0.39, 0.29) is 24.2 Å². The molecule has 0 spiro atoms. The van der Waals surface area contributed by atoms with Crippen LogP contribution in [-0.4, -0.2) is 18.4 Å². The molecule has 2 heterocycles. The Morgan fingerprint density at radius 1 is 1.35 bits per heavy atom. The first-order valence-electron chi connectivity index (χ1n) is 7.11. The van der Waals surface area contributed by atoms with Gasteiger partial charge in [0.05, 0.1) is 22.5 Å². The summed E-state index contributed by atoms with van der Waals surface area (Å²) in [5, 5.41) is 2.88. The highest BCUT2D eigenvalue weighted by molar-refractivity contribution is 9.10. The quantitative estimate of drug-likeness (QED) is 0.828. The molecule has 7 heteroatoms. The van der Waals surface area contributed by atoms with Crippen LogP contribution < -0.4 is 10.2 Å². The predicted molar refractivity (Wildman–Crippen MR) is 95.8 cm³/mol. The van der Waals surface area contributed by atoms with E-state index >= 15 is 0 Å². The number of thiophene rings is 1. The molecule has 23 heavy (non-hydrogen) atoms. The Balaban J connectivity index is 1.63. The molecule has 120 valence electrons. The zero-order valence-electron chi connectivity index (χ0n) is 12.1. The highest BCUT2D eigenvalue weighted by Crippen LogP contribution is 2.31. The fraction of sp³-hybridized carbons (Fsp3) is 0.250. The summed E-state index contributed by atoms with van der Waals surface area (Å²) in [4.78, 5) is 27.2. The maximum absolute atomic E-state index is 12.3. The average molecular weight is 414 g/mol. The van der Waals surface area contributed by atoms with Crippen LogP contribution in [0.1, 0.15) is 11.3 Å². The Kier molecular flexibility index (Phi) is 5.04. The van der Waals surface area contributed by atoms with Crippen molar-refractivity contribution >= 4 is 56.4 Å². The lowest BCUT2D eigenvalue weighted by molar-refractivity contribution is -0.126. The van der Waals surface area contributed by atoms with Gasteiger partial charge in [0.2, 0.25) is 11.8 Å². The van der Waals surface area contributed by atoms with Crippen molar-refractivity contribution < 1.29 is 9.59 Å². The van der Waals surface area contributed by atoms with Gasteiger partial charge in [-0.05, 0) is 40.2 Å². The Morgan fingerprint density at radius 3 is 2.83 bits per heavy atom. The monoisotopic (exact) mass is 412 g/mol. The average Bonchev–Trinajstić information content (AvgIpc) is 3.11. The van der Waals surface area contributed by atoms with Crippen molar-refractivity contribution in [3.8, 4) is 0 Å². The number of carbonyl (C=O) groups excluding carboxylic acids is 2. The van der Waals surface area contributed by atoms with E-state index in [1.54, 1.807) is 4.90 Å². The SMILES string of the molecule is O=C(NCc1ccc(Cl)s1)C1CC(=O)N(c2ccccc2Br)C1. The minimum absolute atomic E-state index is 0.0313. The molecule has 2 amide bonds. The van der Waals surface area contributed by atoms with Crippen molar-refractivity contribution in [2.45, 2.75) is 13.0 Å². The Morgan fingerprint density at radius 2 is 2.13 bits per heavy atom. The number of amides is 2. The number of nitrogens with zero attached hydrogens (tertiary/aromatic N) is 1. The van der Waals surface area contributed by atoms with E-state index < -0.39 is 0 Å². The molecule has 1 unspecified atom stereocenters. The number of hydrogen-bond acceptors (Lipinski definition) is 3. The first kappa shape index (κ1) is 16.5. The summed E-state index contributed by atoms with van der Waals surface area (Å²) in [7, 11) is 0. The molecule has 1 aliphatic rings. The highest BCUT2D eigenvalue weighted by Gasteiger charge is 2.35. The number of nitrogens with one attached hydrogen (secondary N) is 1. The van der Waals surface area contributed by atoms with Gasteiger partial charge in [0, 0.05) is 22.3 Å². The first-order valence-corrected chi connectivity index (χ1v) is 9.10. The van der Waals surface area contributed by atoms with Gasteiger partial charge in [-0.2, -0.15) is 0 Å². The molecule has 2 aromatic rings. The fourth-order valence-electron chi connectivity index (χ4n) is 2.55. The Labute approximate surface area is 151 Å². The molecule has 1 aromatic heterocycles. The van der Waals surface area contributed by atoms with Crippen molar-refractivity contribution in [3.05, 3.63) is 50.1 Å². The number of rotatable bonds is 4. The third-order valence-corrected chi connectivity index (χ3v) is 5.61. The van der Waals surface area contributed by atoms with E-state index in [2.05, 4.69) is 21.2 Å². The van der Waals surface area contributed by atoms with Crippen LogP contribution in [0, 0.1) is 5.92 Å². The minimum Gasteiger partial charge on any atom is -0.351 e. The van der Waals surface area contributed by atoms with Crippen molar-refractivity contribution in [1.29, 1.82) is 0 Å². The predicted octanol–water partition coefficient (Wildman–Crippen LogP) is 3.83. The van der Waals surface area contributed by atoms with Crippen LogP contribution in [0.5, 0.6) is 0 Å². The molecule has 1 saturated heterocycles. The summed E-state index contributed by atoms with van der Waals surface area (Å²) < 4.78 is 1.55. The molecule has 1 fully saturated rings. The van der Waals surface area contributed by atoms with Crippen molar-refractivity contribution in [2.75, 3.05) is 11.4 Å². The Hall–Kier alpha value is -1.37. The van der Waals surface area contributed by atoms with Gasteiger partial charge in [0.15, 0.2) is 0 Å². The smallest absolute Gasteiger partial charge is 0.227 e. The maximum atomic E-state index is 12.3. The van der Waals surface area contributed by atoms with Gasteiger partial charge in [-0.3, -0.25) is 9.59 Å². The molecule has 0 radical (unpaired) electrons. The minimum atomic E-state index is -0.329. The maximum Gasteiger partial charge on any atom is 0.227 e. The molecule has 1 atom stereocenters. The van der Waals surface area contributed by atoms with Gasteiger partial charge >= 0.3 is 0 Å². The second kappa shape index (κ2) is 7.03. The zero-order chi connectivity index (χ0) is 16.4. The molecular weight excluding hydrogens is 400 g/mol. The van der Waals surface area contributed by atoms with Gasteiger partial charge < -0.3 is 10.2 Å². The summed E-state index contributed by atoms with van der Waals surface area (Å²) in [6.45, 7) is 0.842. The molecule has 1 N–H and O–H groups in total. The van der Waals surface area contributed by atoms with Crippen molar-refractivity contribution in [3.63, 3.8) is 0 Å². The van der Waals surface area contributed by atoms with Crippen LogP contribution in [0.3, 0.4) is 0 Å². The van der Waals surface area contributed by atoms with Crippen LogP contribution in [0.2, 0.25) is 4.34 Å². The third-order valence-electron chi connectivity index (χ3n) is 3.70. The largest absolute Gasteiger partial charge is 0.351 e. The van der Waals surface area contributed by atoms with Crippen molar-refractivity contribution in [1.82, 2.24) is 5.32 Å². The van der Waals surface area contributed by atoms with Crippen LogP contribution in [0.4, 0.5) is 5.69 Å². The molecule has 0 aliphatic carbocycles. The van der Waals surface area contributed by atoms with Gasteiger partial charge in [-0.1, -0.05) is 23.7 Å². The number of benzene rings is 1. The summed E-state index contributed by atoms with van der Waals surface area (Å²) in [5.41, 5.74) is 0.804. The molecule has 0 saturated carbocycles. The van der Waals surface area contributed by atoms with Crippen LogP contribution in [-0.2, 0) is 16.1 Å². The molecule has 1 aliphatic heterocycles. The lowest BCUT2D eigenvalue weighted by Gasteiger charge is -2.18. The van der Waals surface area contributed by atoms with Gasteiger partial charge in [-0.15, -0.1) is 11.3 Å². The lowest BCUT2D eigenvalue weighted by Crippen LogP contribution is -2.32. The molecular formula is C16H14BrClN2O2S.